The van der Waals surface area contributed by atoms with Gasteiger partial charge in [-0.25, -0.2) is 4.98 Å². The van der Waals surface area contributed by atoms with E-state index in [1.165, 1.54) is 11.1 Å². The summed E-state index contributed by atoms with van der Waals surface area (Å²) in [5.74, 6) is 0. The largest absolute Gasteiger partial charge is 0.379 e. The van der Waals surface area contributed by atoms with Gasteiger partial charge in [-0.15, -0.1) is 0 Å². The van der Waals surface area contributed by atoms with Gasteiger partial charge in [-0.05, 0) is 41.3 Å². The van der Waals surface area contributed by atoms with E-state index in [4.69, 9.17) is 9.72 Å². The molecular formula is C25H26N6O. The van der Waals surface area contributed by atoms with Crippen molar-refractivity contribution in [2.45, 2.75) is 19.9 Å². The molecular weight excluding hydrogens is 400 g/mol. The van der Waals surface area contributed by atoms with Gasteiger partial charge >= 0.3 is 0 Å². The first kappa shape index (κ1) is 20.4. The minimum Gasteiger partial charge on any atom is -0.379 e. The summed E-state index contributed by atoms with van der Waals surface area (Å²) in [5.41, 5.74) is 7.94. The molecule has 0 aliphatic carbocycles. The SMILES string of the molecule is Cc1cc(-c2cc(Cc3ccn(C)n3)nc3[nH]cc(C#N)c23)ccc1CN1CCOCC1. The maximum Gasteiger partial charge on any atom is 0.139 e. The summed E-state index contributed by atoms with van der Waals surface area (Å²) in [4.78, 5) is 10.4. The van der Waals surface area contributed by atoms with Crippen LogP contribution in [0.1, 0.15) is 28.1 Å². The van der Waals surface area contributed by atoms with Crippen LogP contribution >= 0.6 is 0 Å². The van der Waals surface area contributed by atoms with Crippen LogP contribution in [-0.4, -0.2) is 51.0 Å². The molecule has 7 heteroatoms. The standard InChI is InChI=1S/C25H26N6O/c1-17-11-18(3-4-19(17)16-31-7-9-32-10-8-31)23-13-22(12-21-5-6-30(2)29-21)28-25-24(23)20(14-26)15-27-25/h3-6,11,13,15H,7-10,12,16H2,1-2H3,(H,27,28). The first-order valence-corrected chi connectivity index (χ1v) is 10.9. The zero-order valence-electron chi connectivity index (χ0n) is 18.4. The van der Waals surface area contributed by atoms with Crippen molar-refractivity contribution < 1.29 is 4.74 Å². The molecule has 1 N–H and O–H groups in total. The first-order valence-electron chi connectivity index (χ1n) is 10.9. The molecule has 0 radical (unpaired) electrons. The predicted octanol–water partition coefficient (Wildman–Crippen LogP) is 3.57. The third-order valence-electron chi connectivity index (χ3n) is 6.10. The summed E-state index contributed by atoms with van der Waals surface area (Å²) in [6, 6.07) is 13.0. The zero-order valence-corrected chi connectivity index (χ0v) is 18.4. The summed E-state index contributed by atoms with van der Waals surface area (Å²) in [6.45, 7) is 6.63. The summed E-state index contributed by atoms with van der Waals surface area (Å²) in [6.07, 6.45) is 4.32. The Kier molecular flexibility index (Phi) is 5.48. The number of ether oxygens (including phenoxy) is 1. The number of aromatic nitrogens is 4. The highest BCUT2D eigenvalue weighted by atomic mass is 16.5. The monoisotopic (exact) mass is 426 g/mol. The van der Waals surface area contributed by atoms with Crippen LogP contribution in [0.3, 0.4) is 0 Å². The molecule has 4 aromatic rings. The predicted molar refractivity (Wildman–Crippen MR) is 123 cm³/mol. The first-order chi connectivity index (χ1) is 15.6. The van der Waals surface area contributed by atoms with Gasteiger partial charge in [0.05, 0.1) is 24.5 Å². The highest BCUT2D eigenvalue weighted by Gasteiger charge is 2.16. The Labute approximate surface area is 187 Å². The van der Waals surface area contributed by atoms with Crippen molar-refractivity contribution in [2.24, 2.45) is 7.05 Å². The van der Waals surface area contributed by atoms with Crippen molar-refractivity contribution in [3.8, 4) is 17.2 Å². The number of hydrogen-bond acceptors (Lipinski definition) is 5. The topological polar surface area (TPSA) is 82.8 Å². The molecule has 5 rings (SSSR count). The molecule has 1 fully saturated rings. The molecule has 1 aliphatic rings. The maximum atomic E-state index is 9.66. The van der Waals surface area contributed by atoms with E-state index < -0.39 is 0 Å². The zero-order chi connectivity index (χ0) is 22.1. The van der Waals surface area contributed by atoms with Crippen LogP contribution < -0.4 is 0 Å². The Morgan fingerprint density at radius 1 is 1.16 bits per heavy atom. The van der Waals surface area contributed by atoms with Gasteiger partial charge in [0.25, 0.3) is 0 Å². The number of hydrogen-bond donors (Lipinski definition) is 1. The van der Waals surface area contributed by atoms with E-state index in [2.05, 4.69) is 52.2 Å². The minimum atomic E-state index is 0.613. The van der Waals surface area contributed by atoms with E-state index in [-0.39, 0.29) is 0 Å². The van der Waals surface area contributed by atoms with Gasteiger partial charge in [-0.2, -0.15) is 10.4 Å². The Bertz CT molecular complexity index is 1310. The van der Waals surface area contributed by atoms with Crippen LogP contribution in [0.25, 0.3) is 22.2 Å². The van der Waals surface area contributed by atoms with Crippen LogP contribution in [0.2, 0.25) is 0 Å². The van der Waals surface area contributed by atoms with E-state index in [0.717, 1.165) is 66.4 Å². The molecule has 0 spiro atoms. The quantitative estimate of drug-likeness (QED) is 0.528. The fourth-order valence-corrected chi connectivity index (χ4v) is 4.38. The lowest BCUT2D eigenvalue weighted by Gasteiger charge is -2.27. The second-order valence-corrected chi connectivity index (χ2v) is 8.39. The lowest BCUT2D eigenvalue weighted by Crippen LogP contribution is -2.35. The van der Waals surface area contributed by atoms with E-state index >= 15 is 0 Å². The molecule has 32 heavy (non-hydrogen) atoms. The van der Waals surface area contributed by atoms with E-state index in [1.54, 1.807) is 10.9 Å². The number of pyridine rings is 1. The second-order valence-electron chi connectivity index (χ2n) is 8.39. The Balaban J connectivity index is 1.53. The van der Waals surface area contributed by atoms with Crippen LogP contribution in [0, 0.1) is 18.3 Å². The van der Waals surface area contributed by atoms with Gasteiger partial charge in [0.15, 0.2) is 0 Å². The van der Waals surface area contributed by atoms with E-state index in [9.17, 15) is 5.26 Å². The van der Waals surface area contributed by atoms with Crippen molar-refractivity contribution in [1.82, 2.24) is 24.6 Å². The maximum absolute atomic E-state index is 9.66. The highest BCUT2D eigenvalue weighted by Crippen LogP contribution is 2.32. The lowest BCUT2D eigenvalue weighted by molar-refractivity contribution is 0.0341. The van der Waals surface area contributed by atoms with Gasteiger partial charge in [0.2, 0.25) is 0 Å². The second kappa shape index (κ2) is 8.58. The van der Waals surface area contributed by atoms with Crippen molar-refractivity contribution in [2.75, 3.05) is 26.3 Å². The normalized spacial score (nSPS) is 14.7. The van der Waals surface area contributed by atoms with Gasteiger partial charge in [0, 0.05) is 56.6 Å². The van der Waals surface area contributed by atoms with Crippen LogP contribution in [-0.2, 0) is 24.8 Å². The molecule has 3 aromatic heterocycles. The van der Waals surface area contributed by atoms with Gasteiger partial charge < -0.3 is 9.72 Å². The number of fused-ring (bicyclic) bond motifs is 1. The smallest absolute Gasteiger partial charge is 0.139 e. The number of nitriles is 1. The average Bonchev–Trinajstić information content (AvgIpc) is 3.41. The average molecular weight is 427 g/mol. The van der Waals surface area contributed by atoms with Crippen molar-refractivity contribution in [1.29, 1.82) is 5.26 Å². The van der Waals surface area contributed by atoms with Crippen LogP contribution in [0.5, 0.6) is 0 Å². The van der Waals surface area contributed by atoms with Crippen molar-refractivity contribution >= 4 is 11.0 Å². The molecule has 0 saturated carbocycles. The Morgan fingerprint density at radius 3 is 2.72 bits per heavy atom. The van der Waals surface area contributed by atoms with Crippen molar-refractivity contribution in [3.63, 3.8) is 0 Å². The number of benzene rings is 1. The molecule has 0 bridgehead atoms. The number of rotatable bonds is 5. The summed E-state index contributed by atoms with van der Waals surface area (Å²) >= 11 is 0. The van der Waals surface area contributed by atoms with E-state index in [1.807, 2.05) is 19.3 Å². The molecule has 0 atom stereocenters. The third kappa shape index (κ3) is 4.03. The van der Waals surface area contributed by atoms with Crippen LogP contribution in [0.4, 0.5) is 0 Å². The summed E-state index contributed by atoms with van der Waals surface area (Å²) < 4.78 is 7.27. The highest BCUT2D eigenvalue weighted by molar-refractivity contribution is 5.97. The van der Waals surface area contributed by atoms with Gasteiger partial charge in [-0.3, -0.25) is 9.58 Å². The number of aryl methyl sites for hydroxylation is 2. The Hall–Kier alpha value is -3.47. The molecule has 1 saturated heterocycles. The fraction of sp³-hybridized carbons (Fsp3) is 0.320. The molecule has 1 aliphatic heterocycles. The molecule has 1 aromatic carbocycles. The molecule has 7 nitrogen and oxygen atoms in total. The summed E-state index contributed by atoms with van der Waals surface area (Å²) in [7, 11) is 1.91. The molecule has 0 amide bonds. The summed E-state index contributed by atoms with van der Waals surface area (Å²) in [5, 5.41) is 15.0. The molecule has 162 valence electrons. The van der Waals surface area contributed by atoms with Crippen LogP contribution in [0.15, 0.2) is 42.7 Å². The molecule has 4 heterocycles. The Morgan fingerprint density at radius 2 is 2.00 bits per heavy atom. The fourth-order valence-electron chi connectivity index (χ4n) is 4.38. The molecule has 0 unspecified atom stereocenters. The van der Waals surface area contributed by atoms with Crippen molar-refractivity contribution in [3.05, 3.63) is 70.8 Å². The minimum absolute atomic E-state index is 0.613. The number of morpholine rings is 1. The number of nitrogens with zero attached hydrogens (tertiary/aromatic N) is 5. The third-order valence-corrected chi connectivity index (χ3v) is 6.10. The number of aromatic amines is 1. The lowest BCUT2D eigenvalue weighted by atomic mass is 9.96. The number of H-pyrrole nitrogens is 1. The van der Waals surface area contributed by atoms with Gasteiger partial charge in [-0.1, -0.05) is 18.2 Å². The van der Waals surface area contributed by atoms with Gasteiger partial charge in [0.1, 0.15) is 11.7 Å². The van der Waals surface area contributed by atoms with E-state index in [0.29, 0.717) is 12.0 Å². The number of nitrogens with one attached hydrogen (secondary N) is 1.